The third kappa shape index (κ3) is 6.62. The highest BCUT2D eigenvalue weighted by Crippen LogP contribution is 2.28. The normalized spacial score (nSPS) is 15.4. The molecule has 9 heteroatoms. The van der Waals surface area contributed by atoms with E-state index in [4.69, 9.17) is 4.74 Å². The van der Waals surface area contributed by atoms with Crippen molar-refractivity contribution < 1.29 is 23.8 Å². The van der Waals surface area contributed by atoms with Gasteiger partial charge in [0.1, 0.15) is 5.75 Å². The van der Waals surface area contributed by atoms with E-state index in [-0.39, 0.29) is 24.1 Å². The lowest BCUT2D eigenvalue weighted by molar-refractivity contribution is -0.123. The largest absolute Gasteiger partial charge is 0.505 e. The molecule has 1 saturated heterocycles. The number of fused-ring (bicyclic) bond motifs is 1. The van der Waals surface area contributed by atoms with Gasteiger partial charge in [0, 0.05) is 42.2 Å². The second-order valence-corrected chi connectivity index (χ2v) is 9.63. The number of carbonyl (C=O) groups excluding carboxylic acids is 2. The van der Waals surface area contributed by atoms with Crippen LogP contribution in [0, 0.1) is 5.82 Å². The Morgan fingerprint density at radius 3 is 2.60 bits per heavy atom. The number of ether oxygens (including phenoxy) is 1. The van der Waals surface area contributed by atoms with E-state index in [0.717, 1.165) is 49.0 Å². The van der Waals surface area contributed by atoms with E-state index in [1.807, 2.05) is 42.5 Å². The zero-order valence-corrected chi connectivity index (χ0v) is 21.7. The van der Waals surface area contributed by atoms with Crippen LogP contribution < -0.4 is 15.5 Å². The van der Waals surface area contributed by atoms with Crippen molar-refractivity contribution in [2.45, 2.75) is 19.0 Å². The molecule has 204 valence electrons. The van der Waals surface area contributed by atoms with Crippen molar-refractivity contribution in [2.24, 2.45) is 5.10 Å². The standard InChI is InChI=1S/C31H29FN4O4/c32-27-16-22(10-12-28(27)37)31(39)35-33-17-23-11-13-29(26-9-5-4-8-25(23)26)40-20-30(38)34-24-14-15-36(19-24)18-21-6-2-1-3-7-21/h1-13,16-17,24,37H,14-15,18-20H2,(H,34,38)(H,35,39)/b33-17+. The van der Waals surface area contributed by atoms with E-state index >= 15 is 0 Å². The van der Waals surface area contributed by atoms with Crippen LogP contribution in [0.15, 0.2) is 90.0 Å². The summed E-state index contributed by atoms with van der Waals surface area (Å²) >= 11 is 0. The van der Waals surface area contributed by atoms with Crippen LogP contribution in [0.5, 0.6) is 11.5 Å². The minimum absolute atomic E-state index is 0.0286. The fourth-order valence-electron chi connectivity index (χ4n) is 4.75. The molecule has 1 aliphatic heterocycles. The van der Waals surface area contributed by atoms with E-state index in [2.05, 4.69) is 32.9 Å². The van der Waals surface area contributed by atoms with Crippen molar-refractivity contribution in [1.29, 1.82) is 0 Å². The van der Waals surface area contributed by atoms with Crippen LogP contribution in [0.2, 0.25) is 0 Å². The molecule has 2 amide bonds. The molecule has 1 fully saturated rings. The van der Waals surface area contributed by atoms with Crippen molar-refractivity contribution in [3.05, 3.63) is 107 Å². The lowest BCUT2D eigenvalue weighted by atomic mass is 10.0. The third-order valence-corrected chi connectivity index (χ3v) is 6.74. The van der Waals surface area contributed by atoms with Crippen LogP contribution in [0.3, 0.4) is 0 Å². The van der Waals surface area contributed by atoms with E-state index in [9.17, 15) is 19.1 Å². The van der Waals surface area contributed by atoms with Gasteiger partial charge in [0.2, 0.25) is 0 Å². The molecule has 1 aliphatic rings. The van der Waals surface area contributed by atoms with Gasteiger partial charge in [-0.05, 0) is 47.7 Å². The first-order chi connectivity index (χ1) is 19.5. The zero-order valence-electron chi connectivity index (χ0n) is 21.7. The first-order valence-electron chi connectivity index (χ1n) is 13.0. The van der Waals surface area contributed by atoms with Gasteiger partial charge < -0.3 is 15.2 Å². The minimum atomic E-state index is -0.889. The van der Waals surface area contributed by atoms with E-state index in [1.54, 1.807) is 12.1 Å². The molecule has 3 N–H and O–H groups in total. The maximum Gasteiger partial charge on any atom is 0.271 e. The smallest absolute Gasteiger partial charge is 0.271 e. The van der Waals surface area contributed by atoms with E-state index in [0.29, 0.717) is 11.3 Å². The molecular formula is C31H29FN4O4. The van der Waals surface area contributed by atoms with Crippen molar-refractivity contribution in [1.82, 2.24) is 15.6 Å². The molecule has 40 heavy (non-hydrogen) atoms. The summed E-state index contributed by atoms with van der Waals surface area (Å²) in [6.45, 7) is 2.49. The van der Waals surface area contributed by atoms with Crippen LogP contribution in [0.1, 0.15) is 27.9 Å². The monoisotopic (exact) mass is 540 g/mol. The van der Waals surface area contributed by atoms with Crippen LogP contribution in [-0.4, -0.2) is 53.8 Å². The molecule has 0 aromatic heterocycles. The lowest BCUT2D eigenvalue weighted by Crippen LogP contribution is -2.39. The number of hydrogen-bond donors (Lipinski definition) is 3. The molecule has 0 bridgehead atoms. The van der Waals surface area contributed by atoms with Crippen LogP contribution in [0.25, 0.3) is 10.8 Å². The number of halogens is 1. The molecule has 1 unspecified atom stereocenters. The Balaban J connectivity index is 1.16. The average Bonchev–Trinajstić information content (AvgIpc) is 3.40. The van der Waals surface area contributed by atoms with Gasteiger partial charge in [-0.1, -0.05) is 54.6 Å². The second kappa shape index (κ2) is 12.4. The number of aromatic hydroxyl groups is 1. The van der Waals surface area contributed by atoms with Crippen molar-refractivity contribution in [2.75, 3.05) is 19.7 Å². The Labute approximate surface area is 231 Å². The molecule has 0 saturated carbocycles. The Morgan fingerprint density at radius 1 is 1.02 bits per heavy atom. The summed E-state index contributed by atoms with van der Waals surface area (Å²) in [6.07, 6.45) is 2.38. The number of hydrazone groups is 1. The topological polar surface area (TPSA) is 103 Å². The van der Waals surface area contributed by atoms with E-state index in [1.165, 1.54) is 17.8 Å². The number of nitrogens with zero attached hydrogens (tertiary/aromatic N) is 2. The van der Waals surface area contributed by atoms with Gasteiger partial charge in [0.15, 0.2) is 18.2 Å². The Kier molecular flexibility index (Phi) is 8.32. The summed E-state index contributed by atoms with van der Waals surface area (Å²) in [5.41, 5.74) is 4.36. The van der Waals surface area contributed by atoms with Gasteiger partial charge >= 0.3 is 0 Å². The molecule has 5 rings (SSSR count). The molecule has 1 heterocycles. The quantitative estimate of drug-likeness (QED) is 0.218. The fourth-order valence-corrected chi connectivity index (χ4v) is 4.75. The molecule has 4 aromatic rings. The molecular weight excluding hydrogens is 511 g/mol. The lowest BCUT2D eigenvalue weighted by Gasteiger charge is -2.17. The van der Waals surface area contributed by atoms with Gasteiger partial charge in [0.25, 0.3) is 11.8 Å². The molecule has 1 atom stereocenters. The number of phenolic OH excluding ortho intramolecular Hbond substituents is 1. The SMILES string of the molecule is O=C(COc1ccc(/C=N/NC(=O)c2ccc(O)c(F)c2)c2ccccc12)NC1CCN(Cc2ccccc2)C1. The van der Waals surface area contributed by atoms with E-state index < -0.39 is 17.5 Å². The third-order valence-electron chi connectivity index (χ3n) is 6.74. The first kappa shape index (κ1) is 26.8. The molecule has 0 spiro atoms. The van der Waals surface area contributed by atoms with Gasteiger partial charge in [-0.15, -0.1) is 0 Å². The number of nitrogens with one attached hydrogen (secondary N) is 2. The van der Waals surface area contributed by atoms with Gasteiger partial charge in [-0.25, -0.2) is 9.82 Å². The number of amides is 2. The Bertz CT molecular complexity index is 1540. The fraction of sp³-hybridized carbons (Fsp3) is 0.194. The highest BCUT2D eigenvalue weighted by molar-refractivity contribution is 6.03. The van der Waals surface area contributed by atoms with Crippen molar-refractivity contribution in [3.8, 4) is 11.5 Å². The predicted octanol–water partition coefficient (Wildman–Crippen LogP) is 4.22. The summed E-state index contributed by atoms with van der Waals surface area (Å²) in [6, 6.07) is 24.8. The number of hydrogen-bond acceptors (Lipinski definition) is 6. The highest BCUT2D eigenvalue weighted by Gasteiger charge is 2.24. The van der Waals surface area contributed by atoms with Crippen molar-refractivity contribution >= 4 is 28.8 Å². The summed E-state index contributed by atoms with van der Waals surface area (Å²) in [7, 11) is 0. The highest BCUT2D eigenvalue weighted by atomic mass is 19.1. The van der Waals surface area contributed by atoms with Crippen LogP contribution >= 0.6 is 0 Å². The number of phenols is 1. The Hall–Kier alpha value is -4.76. The summed E-state index contributed by atoms with van der Waals surface area (Å²) in [5.74, 6) is -1.65. The first-order valence-corrected chi connectivity index (χ1v) is 13.0. The predicted molar refractivity (Wildman–Crippen MR) is 151 cm³/mol. The Morgan fingerprint density at radius 2 is 1.80 bits per heavy atom. The number of benzene rings is 4. The zero-order chi connectivity index (χ0) is 27.9. The number of likely N-dealkylation sites (tertiary alicyclic amines) is 1. The maximum absolute atomic E-state index is 13.5. The van der Waals surface area contributed by atoms with Crippen LogP contribution in [0.4, 0.5) is 4.39 Å². The van der Waals surface area contributed by atoms with Gasteiger partial charge in [-0.2, -0.15) is 5.10 Å². The maximum atomic E-state index is 13.5. The molecule has 0 aliphatic carbocycles. The summed E-state index contributed by atoms with van der Waals surface area (Å²) in [5, 5.41) is 18.0. The number of carbonyl (C=O) groups is 2. The van der Waals surface area contributed by atoms with Crippen LogP contribution in [-0.2, 0) is 11.3 Å². The molecule has 0 radical (unpaired) electrons. The van der Waals surface area contributed by atoms with Gasteiger partial charge in [0.05, 0.1) is 6.21 Å². The minimum Gasteiger partial charge on any atom is -0.505 e. The van der Waals surface area contributed by atoms with Gasteiger partial charge in [-0.3, -0.25) is 14.5 Å². The molecule has 4 aromatic carbocycles. The number of rotatable bonds is 9. The molecule has 8 nitrogen and oxygen atoms in total. The van der Waals surface area contributed by atoms with Crippen molar-refractivity contribution in [3.63, 3.8) is 0 Å². The second-order valence-electron chi connectivity index (χ2n) is 9.63. The average molecular weight is 541 g/mol. The summed E-state index contributed by atoms with van der Waals surface area (Å²) < 4.78 is 19.4. The summed E-state index contributed by atoms with van der Waals surface area (Å²) in [4.78, 5) is 27.2.